The number of methoxy groups -OCH3 is 1. The molecule has 0 amide bonds. The molecule has 0 spiro atoms. The van der Waals surface area contributed by atoms with Gasteiger partial charge in [0.1, 0.15) is 0 Å². The van der Waals surface area contributed by atoms with Crippen molar-refractivity contribution in [3.63, 3.8) is 0 Å². The highest BCUT2D eigenvalue weighted by atomic mass is 16.5. The maximum absolute atomic E-state index is 5.75. The van der Waals surface area contributed by atoms with Crippen molar-refractivity contribution >= 4 is 0 Å². The first-order valence-corrected chi connectivity index (χ1v) is 6.90. The molecule has 0 aliphatic carbocycles. The number of rotatable bonds is 7. The first-order valence-electron chi connectivity index (χ1n) is 6.90. The van der Waals surface area contributed by atoms with Crippen LogP contribution in [0.5, 0.6) is 0 Å². The van der Waals surface area contributed by atoms with Gasteiger partial charge in [0.05, 0.1) is 5.60 Å². The summed E-state index contributed by atoms with van der Waals surface area (Å²) in [6.07, 6.45) is 2.02. The monoisotopic (exact) mass is 249 g/mol. The Bertz CT molecular complexity index is 358. The van der Waals surface area contributed by atoms with E-state index in [1.807, 2.05) is 7.11 Å². The molecule has 18 heavy (non-hydrogen) atoms. The van der Waals surface area contributed by atoms with E-state index in [1.54, 1.807) is 0 Å². The van der Waals surface area contributed by atoms with Gasteiger partial charge in [0.25, 0.3) is 0 Å². The lowest BCUT2D eigenvalue weighted by Gasteiger charge is -2.36. The van der Waals surface area contributed by atoms with Gasteiger partial charge in [0.15, 0.2) is 0 Å². The number of benzene rings is 1. The van der Waals surface area contributed by atoms with E-state index >= 15 is 0 Å². The average Bonchev–Trinajstić information content (AvgIpc) is 2.39. The van der Waals surface area contributed by atoms with Crippen LogP contribution in [0.4, 0.5) is 0 Å². The molecule has 0 aliphatic heterocycles. The van der Waals surface area contributed by atoms with Gasteiger partial charge in [-0.2, -0.15) is 0 Å². The van der Waals surface area contributed by atoms with Gasteiger partial charge in [-0.3, -0.25) is 0 Å². The molecule has 102 valence electrons. The molecule has 0 aliphatic rings. The second kappa shape index (κ2) is 6.91. The Labute approximate surface area is 112 Å². The Balaban J connectivity index is 2.90. The molecule has 2 nitrogen and oxygen atoms in total. The summed E-state index contributed by atoms with van der Waals surface area (Å²) >= 11 is 0. The highest BCUT2D eigenvalue weighted by molar-refractivity contribution is 5.27. The van der Waals surface area contributed by atoms with E-state index in [2.05, 4.69) is 57.3 Å². The van der Waals surface area contributed by atoms with Crippen LogP contribution in [-0.4, -0.2) is 25.3 Å². The molecule has 0 heterocycles. The molecule has 0 saturated carbocycles. The summed E-state index contributed by atoms with van der Waals surface area (Å²) in [4.78, 5) is 0. The van der Waals surface area contributed by atoms with Crippen LogP contribution in [-0.2, 0) is 11.2 Å². The maximum atomic E-state index is 5.75. The van der Waals surface area contributed by atoms with Crippen molar-refractivity contribution in [3.05, 3.63) is 35.4 Å². The first-order chi connectivity index (χ1) is 8.57. The zero-order chi connectivity index (χ0) is 13.6. The summed E-state index contributed by atoms with van der Waals surface area (Å²) < 4.78 is 5.75. The minimum atomic E-state index is -0.113. The predicted octanol–water partition coefficient (Wildman–Crippen LogP) is 3.33. The minimum Gasteiger partial charge on any atom is -0.377 e. The fraction of sp³-hybridized carbons (Fsp3) is 0.625. The largest absolute Gasteiger partial charge is 0.377 e. The van der Waals surface area contributed by atoms with Crippen molar-refractivity contribution in [1.29, 1.82) is 0 Å². The van der Waals surface area contributed by atoms with Crippen LogP contribution in [0.2, 0.25) is 0 Å². The summed E-state index contributed by atoms with van der Waals surface area (Å²) in [7, 11) is 1.81. The number of likely N-dealkylation sites (N-methyl/N-ethyl adjacent to an activating group) is 1. The average molecular weight is 249 g/mol. The summed E-state index contributed by atoms with van der Waals surface area (Å²) in [5.74, 6) is 0. The molecule has 2 heteroatoms. The molecule has 1 rings (SSSR count). The van der Waals surface area contributed by atoms with Crippen LogP contribution < -0.4 is 5.32 Å². The van der Waals surface area contributed by atoms with Gasteiger partial charge < -0.3 is 10.1 Å². The molecule has 1 aromatic rings. The van der Waals surface area contributed by atoms with Crippen LogP contribution in [0.25, 0.3) is 0 Å². The Hall–Kier alpha value is -0.860. The van der Waals surface area contributed by atoms with Crippen LogP contribution in [0.15, 0.2) is 24.3 Å². The zero-order valence-corrected chi connectivity index (χ0v) is 12.4. The minimum absolute atomic E-state index is 0.113. The van der Waals surface area contributed by atoms with Crippen LogP contribution in [0.3, 0.4) is 0 Å². The molecular formula is C16H27NO. The van der Waals surface area contributed by atoms with Crippen molar-refractivity contribution in [2.24, 2.45) is 0 Å². The SMILES string of the molecule is CCNC(Cc1ccccc1C)C(C)(CC)OC. The van der Waals surface area contributed by atoms with Crippen LogP contribution in [0, 0.1) is 6.92 Å². The second-order valence-corrected chi connectivity index (χ2v) is 5.11. The highest BCUT2D eigenvalue weighted by Crippen LogP contribution is 2.23. The van der Waals surface area contributed by atoms with E-state index < -0.39 is 0 Å². The second-order valence-electron chi connectivity index (χ2n) is 5.11. The fourth-order valence-corrected chi connectivity index (χ4v) is 2.34. The van der Waals surface area contributed by atoms with Gasteiger partial charge in [0.2, 0.25) is 0 Å². The van der Waals surface area contributed by atoms with E-state index in [9.17, 15) is 0 Å². The summed E-state index contributed by atoms with van der Waals surface area (Å²) in [6, 6.07) is 8.94. The first kappa shape index (κ1) is 15.2. The van der Waals surface area contributed by atoms with Gasteiger partial charge in [-0.25, -0.2) is 0 Å². The third-order valence-electron chi connectivity index (χ3n) is 4.04. The third kappa shape index (κ3) is 3.56. The summed E-state index contributed by atoms with van der Waals surface area (Å²) in [6.45, 7) is 9.67. The Kier molecular flexibility index (Phi) is 5.83. The van der Waals surface area contributed by atoms with Crippen molar-refractivity contribution < 1.29 is 4.74 Å². The van der Waals surface area contributed by atoms with Crippen molar-refractivity contribution in [2.75, 3.05) is 13.7 Å². The molecule has 0 aromatic heterocycles. The lowest BCUT2D eigenvalue weighted by molar-refractivity contribution is -0.0284. The molecule has 0 fully saturated rings. The standard InChI is InChI=1S/C16H27NO/c1-6-16(4,18-5)15(17-7-2)12-14-11-9-8-10-13(14)3/h8-11,15,17H,6-7,12H2,1-5H3. The normalized spacial score (nSPS) is 16.3. The molecule has 2 unspecified atom stereocenters. The Morgan fingerprint density at radius 2 is 1.94 bits per heavy atom. The third-order valence-corrected chi connectivity index (χ3v) is 4.04. The number of hydrogen-bond donors (Lipinski definition) is 1. The van der Waals surface area contributed by atoms with Crippen molar-refractivity contribution in [1.82, 2.24) is 5.32 Å². The number of aryl methyl sites for hydroxylation is 1. The number of ether oxygens (including phenoxy) is 1. The lowest BCUT2D eigenvalue weighted by atomic mass is 9.87. The van der Waals surface area contributed by atoms with Gasteiger partial charge in [-0.05, 0) is 44.4 Å². The molecule has 0 bridgehead atoms. The number of nitrogens with one attached hydrogen (secondary N) is 1. The zero-order valence-electron chi connectivity index (χ0n) is 12.4. The van der Waals surface area contributed by atoms with E-state index in [4.69, 9.17) is 4.74 Å². The molecule has 0 saturated heterocycles. The van der Waals surface area contributed by atoms with Crippen LogP contribution >= 0.6 is 0 Å². The quantitative estimate of drug-likeness (QED) is 0.800. The van der Waals surface area contributed by atoms with E-state index in [1.165, 1.54) is 11.1 Å². The smallest absolute Gasteiger partial charge is 0.0803 e. The molecular weight excluding hydrogens is 222 g/mol. The molecule has 1 N–H and O–H groups in total. The van der Waals surface area contributed by atoms with Crippen molar-refractivity contribution in [2.45, 2.75) is 52.2 Å². The highest BCUT2D eigenvalue weighted by Gasteiger charge is 2.32. The maximum Gasteiger partial charge on any atom is 0.0803 e. The summed E-state index contributed by atoms with van der Waals surface area (Å²) in [5, 5.41) is 3.58. The molecule has 1 aromatic carbocycles. The van der Waals surface area contributed by atoms with E-state index in [0.717, 1.165) is 19.4 Å². The van der Waals surface area contributed by atoms with E-state index in [0.29, 0.717) is 6.04 Å². The van der Waals surface area contributed by atoms with Gasteiger partial charge in [0, 0.05) is 13.2 Å². The predicted molar refractivity (Wildman–Crippen MR) is 78.1 cm³/mol. The van der Waals surface area contributed by atoms with Crippen LogP contribution in [0.1, 0.15) is 38.3 Å². The fourth-order valence-electron chi connectivity index (χ4n) is 2.34. The summed E-state index contributed by atoms with van der Waals surface area (Å²) in [5.41, 5.74) is 2.65. The molecule has 0 radical (unpaired) electrons. The van der Waals surface area contributed by atoms with Crippen molar-refractivity contribution in [3.8, 4) is 0 Å². The van der Waals surface area contributed by atoms with Gasteiger partial charge in [-0.15, -0.1) is 0 Å². The topological polar surface area (TPSA) is 21.3 Å². The number of hydrogen-bond acceptors (Lipinski definition) is 2. The van der Waals surface area contributed by atoms with Gasteiger partial charge >= 0.3 is 0 Å². The van der Waals surface area contributed by atoms with E-state index in [-0.39, 0.29) is 5.60 Å². The Morgan fingerprint density at radius 1 is 1.28 bits per heavy atom. The Morgan fingerprint density at radius 3 is 2.44 bits per heavy atom. The van der Waals surface area contributed by atoms with Gasteiger partial charge in [-0.1, -0.05) is 38.1 Å². The lowest BCUT2D eigenvalue weighted by Crippen LogP contribution is -2.51. The molecule has 2 atom stereocenters.